The van der Waals surface area contributed by atoms with Gasteiger partial charge in [-0.1, -0.05) is 12.1 Å². The number of carbonyl (C=O) groups is 1. The number of rotatable bonds is 4. The molecule has 1 heterocycles. The number of aromatic nitrogens is 1. The fourth-order valence-electron chi connectivity index (χ4n) is 1.92. The minimum absolute atomic E-state index is 0.183. The summed E-state index contributed by atoms with van der Waals surface area (Å²) in [4.78, 5) is 13.9. The second-order valence-electron chi connectivity index (χ2n) is 4.40. The van der Waals surface area contributed by atoms with E-state index in [9.17, 15) is 14.4 Å². The molecule has 0 aliphatic heterocycles. The van der Waals surface area contributed by atoms with E-state index < -0.39 is 0 Å². The number of amides is 1. The van der Waals surface area contributed by atoms with E-state index in [0.29, 0.717) is 23.4 Å². The van der Waals surface area contributed by atoms with Gasteiger partial charge in [-0.3, -0.25) is 4.79 Å². The summed E-state index contributed by atoms with van der Waals surface area (Å²) in [6.45, 7) is 2.69. The van der Waals surface area contributed by atoms with Gasteiger partial charge in [0.2, 0.25) is 0 Å². The highest BCUT2D eigenvalue weighted by atomic mass is 19.1. The first-order valence-corrected chi connectivity index (χ1v) is 6.32. The lowest BCUT2D eigenvalue weighted by Crippen LogP contribution is -2.31. The first-order valence-electron chi connectivity index (χ1n) is 6.32. The molecule has 0 saturated carbocycles. The highest BCUT2D eigenvalue weighted by Crippen LogP contribution is 2.10. The largest absolute Gasteiger partial charge is 0.619 e. The van der Waals surface area contributed by atoms with E-state index in [1.54, 1.807) is 17.0 Å². The zero-order valence-electron chi connectivity index (χ0n) is 11.1. The van der Waals surface area contributed by atoms with Gasteiger partial charge in [-0.2, -0.15) is 4.73 Å². The van der Waals surface area contributed by atoms with Crippen molar-refractivity contribution in [2.24, 2.45) is 0 Å². The van der Waals surface area contributed by atoms with Crippen LogP contribution in [0.15, 0.2) is 48.8 Å². The number of benzene rings is 1. The molecular weight excluding hydrogens is 259 g/mol. The van der Waals surface area contributed by atoms with E-state index in [1.165, 1.54) is 36.7 Å². The Morgan fingerprint density at radius 3 is 2.60 bits per heavy atom. The van der Waals surface area contributed by atoms with Crippen LogP contribution in [-0.4, -0.2) is 17.4 Å². The van der Waals surface area contributed by atoms with Gasteiger partial charge in [0.1, 0.15) is 5.82 Å². The molecule has 4 nitrogen and oxygen atoms in total. The second-order valence-corrected chi connectivity index (χ2v) is 4.40. The van der Waals surface area contributed by atoms with Crippen molar-refractivity contribution in [2.45, 2.75) is 13.5 Å². The summed E-state index contributed by atoms with van der Waals surface area (Å²) in [5.74, 6) is -0.504. The summed E-state index contributed by atoms with van der Waals surface area (Å²) in [5.41, 5.74) is 1.17. The van der Waals surface area contributed by atoms with Gasteiger partial charge in [0, 0.05) is 25.2 Å². The van der Waals surface area contributed by atoms with Gasteiger partial charge in [0.15, 0.2) is 12.4 Å². The Morgan fingerprint density at radius 1 is 1.30 bits per heavy atom. The molecule has 0 aliphatic carbocycles. The third-order valence-corrected chi connectivity index (χ3v) is 2.98. The van der Waals surface area contributed by atoms with Crippen LogP contribution in [0.5, 0.6) is 0 Å². The predicted octanol–water partition coefficient (Wildman–Crippen LogP) is 2.12. The van der Waals surface area contributed by atoms with Gasteiger partial charge >= 0.3 is 0 Å². The van der Waals surface area contributed by atoms with Gasteiger partial charge in [0.25, 0.3) is 5.91 Å². The number of pyridine rings is 1. The Balaban J connectivity index is 2.15. The van der Waals surface area contributed by atoms with E-state index in [4.69, 9.17) is 0 Å². The molecule has 0 bridgehead atoms. The van der Waals surface area contributed by atoms with Crippen LogP contribution in [0.1, 0.15) is 22.8 Å². The average molecular weight is 274 g/mol. The molecule has 5 heteroatoms. The molecule has 20 heavy (non-hydrogen) atoms. The van der Waals surface area contributed by atoms with Gasteiger partial charge in [0.05, 0.1) is 5.56 Å². The molecule has 0 unspecified atom stereocenters. The van der Waals surface area contributed by atoms with Gasteiger partial charge in [-0.05, 0) is 24.6 Å². The minimum atomic E-state index is -0.321. The molecule has 0 aliphatic rings. The van der Waals surface area contributed by atoms with E-state index in [0.717, 1.165) is 5.56 Å². The van der Waals surface area contributed by atoms with Crippen molar-refractivity contribution < 1.29 is 13.9 Å². The second kappa shape index (κ2) is 6.14. The van der Waals surface area contributed by atoms with Crippen LogP contribution in [0.3, 0.4) is 0 Å². The monoisotopic (exact) mass is 274 g/mol. The lowest BCUT2D eigenvalue weighted by molar-refractivity contribution is -0.605. The molecule has 1 aromatic heterocycles. The smallest absolute Gasteiger partial charge is 0.254 e. The maximum absolute atomic E-state index is 13.1. The van der Waals surface area contributed by atoms with Crippen LogP contribution >= 0.6 is 0 Å². The first-order chi connectivity index (χ1) is 9.60. The molecule has 0 spiro atoms. The van der Waals surface area contributed by atoms with Crippen molar-refractivity contribution in [3.05, 3.63) is 70.9 Å². The van der Waals surface area contributed by atoms with E-state index in [2.05, 4.69) is 0 Å². The number of carbonyl (C=O) groups excluding carboxylic acids is 1. The third kappa shape index (κ3) is 3.32. The van der Waals surface area contributed by atoms with Crippen molar-refractivity contribution in [1.29, 1.82) is 0 Å². The number of hydrogen-bond donors (Lipinski definition) is 0. The van der Waals surface area contributed by atoms with Crippen molar-refractivity contribution in [3.8, 4) is 0 Å². The lowest BCUT2D eigenvalue weighted by atomic mass is 10.2. The van der Waals surface area contributed by atoms with Crippen LogP contribution in [0.2, 0.25) is 0 Å². The Morgan fingerprint density at radius 2 is 2.00 bits per heavy atom. The summed E-state index contributed by atoms with van der Waals surface area (Å²) in [6.07, 6.45) is 2.56. The van der Waals surface area contributed by atoms with Gasteiger partial charge in [-0.25, -0.2) is 4.39 Å². The van der Waals surface area contributed by atoms with Gasteiger partial charge in [-0.15, -0.1) is 0 Å². The minimum Gasteiger partial charge on any atom is -0.619 e. The molecular formula is C15H15FN2O2. The summed E-state index contributed by atoms with van der Waals surface area (Å²) in [7, 11) is 0. The van der Waals surface area contributed by atoms with Crippen LogP contribution in [0.4, 0.5) is 4.39 Å². The topological polar surface area (TPSA) is 47.2 Å². The van der Waals surface area contributed by atoms with Gasteiger partial charge < -0.3 is 10.1 Å². The summed E-state index contributed by atoms with van der Waals surface area (Å²) in [5, 5.41) is 11.0. The molecule has 1 amide bonds. The maximum Gasteiger partial charge on any atom is 0.254 e. The quantitative estimate of drug-likeness (QED) is 0.633. The SMILES string of the molecule is CCN(Cc1cccc(F)c1)C(=O)c1cc[n+]([O-])cc1. The number of hydrogen-bond acceptors (Lipinski definition) is 2. The lowest BCUT2D eigenvalue weighted by Gasteiger charge is -2.21. The Hall–Kier alpha value is -2.43. The Kier molecular flexibility index (Phi) is 4.30. The highest BCUT2D eigenvalue weighted by molar-refractivity contribution is 5.93. The Labute approximate surface area is 116 Å². The standard InChI is InChI=1S/C15H15FN2O2/c1-2-17(11-12-4-3-5-14(16)10-12)15(19)13-6-8-18(20)9-7-13/h3-10H,2,11H2,1H3. The summed E-state index contributed by atoms with van der Waals surface area (Å²) in [6, 6.07) is 9.12. The van der Waals surface area contributed by atoms with Crippen molar-refractivity contribution in [1.82, 2.24) is 4.90 Å². The highest BCUT2D eigenvalue weighted by Gasteiger charge is 2.15. The predicted molar refractivity (Wildman–Crippen MR) is 72.2 cm³/mol. The maximum atomic E-state index is 13.1. The van der Waals surface area contributed by atoms with E-state index in [1.807, 2.05) is 6.92 Å². The van der Waals surface area contributed by atoms with Crippen LogP contribution in [-0.2, 0) is 6.54 Å². The molecule has 2 aromatic rings. The normalized spacial score (nSPS) is 10.3. The van der Waals surface area contributed by atoms with Crippen molar-refractivity contribution in [3.63, 3.8) is 0 Å². The molecule has 104 valence electrons. The first kappa shape index (κ1) is 14.0. The molecule has 0 saturated heterocycles. The molecule has 2 rings (SSSR count). The average Bonchev–Trinajstić information content (AvgIpc) is 2.45. The van der Waals surface area contributed by atoms with E-state index in [-0.39, 0.29) is 11.7 Å². The zero-order valence-corrected chi connectivity index (χ0v) is 11.1. The van der Waals surface area contributed by atoms with Crippen molar-refractivity contribution in [2.75, 3.05) is 6.54 Å². The number of nitrogens with zero attached hydrogens (tertiary/aromatic N) is 2. The van der Waals surface area contributed by atoms with Crippen LogP contribution < -0.4 is 4.73 Å². The zero-order chi connectivity index (χ0) is 14.5. The summed E-state index contributed by atoms with van der Waals surface area (Å²) < 4.78 is 13.8. The fraction of sp³-hybridized carbons (Fsp3) is 0.200. The van der Waals surface area contributed by atoms with Crippen molar-refractivity contribution >= 4 is 5.91 Å². The number of halogens is 1. The molecule has 0 atom stereocenters. The fourth-order valence-corrected chi connectivity index (χ4v) is 1.92. The van der Waals surface area contributed by atoms with Crippen LogP contribution in [0.25, 0.3) is 0 Å². The molecule has 1 aromatic carbocycles. The van der Waals surface area contributed by atoms with Crippen LogP contribution in [0, 0.1) is 11.0 Å². The Bertz CT molecular complexity index is 599. The van der Waals surface area contributed by atoms with E-state index >= 15 is 0 Å². The molecule has 0 radical (unpaired) electrons. The molecule has 0 N–H and O–H groups in total. The molecule has 0 fully saturated rings. The summed E-state index contributed by atoms with van der Waals surface area (Å²) >= 11 is 0. The third-order valence-electron chi connectivity index (χ3n) is 2.98.